The van der Waals surface area contributed by atoms with E-state index in [9.17, 15) is 4.79 Å². The highest BCUT2D eigenvalue weighted by atomic mass is 16.4. The predicted molar refractivity (Wildman–Crippen MR) is 59.4 cm³/mol. The van der Waals surface area contributed by atoms with Crippen molar-refractivity contribution in [2.75, 3.05) is 0 Å². The number of carboxylic acid groups (broad SMARTS) is 1. The van der Waals surface area contributed by atoms with E-state index >= 15 is 0 Å². The summed E-state index contributed by atoms with van der Waals surface area (Å²) in [5.41, 5.74) is 7.49. The van der Waals surface area contributed by atoms with Crippen molar-refractivity contribution >= 4 is 5.97 Å². The molecule has 1 unspecified atom stereocenters. The smallest absolute Gasteiger partial charge is 0.325 e. The molecule has 1 aromatic rings. The first-order chi connectivity index (χ1) is 7.52. The van der Waals surface area contributed by atoms with E-state index in [2.05, 4.69) is 0 Å². The molecule has 0 radical (unpaired) electrons. The Bertz CT molecular complexity index is 420. The molecule has 0 amide bonds. The molecule has 0 aromatic carbocycles. The van der Waals surface area contributed by atoms with Crippen molar-refractivity contribution in [3.63, 3.8) is 0 Å². The molecule has 3 N–H and O–H groups in total. The lowest BCUT2D eigenvalue weighted by Crippen LogP contribution is -2.22. The summed E-state index contributed by atoms with van der Waals surface area (Å²) in [6.45, 7) is 3.98. The second-order valence-corrected chi connectivity index (χ2v) is 4.61. The van der Waals surface area contributed by atoms with Gasteiger partial charge in [0.15, 0.2) is 0 Å². The number of aryl methyl sites for hydroxylation is 1. The molecule has 1 heterocycles. The molecule has 16 heavy (non-hydrogen) atoms. The van der Waals surface area contributed by atoms with Gasteiger partial charge >= 0.3 is 5.97 Å². The fraction of sp³-hybridized carbons (Fsp3) is 0.583. The molecule has 0 saturated heterocycles. The summed E-state index contributed by atoms with van der Waals surface area (Å²) < 4.78 is 5.75. The standard InChI is InChI=1S/C12H17NO3/c1-6(2)11-9(10(13)12(14)15)7-4-3-5-8(7)16-11/h6,10H,3-5,13H2,1-2H3,(H,14,15). The molecule has 2 rings (SSSR count). The summed E-state index contributed by atoms with van der Waals surface area (Å²) in [7, 11) is 0. The minimum atomic E-state index is -0.989. The van der Waals surface area contributed by atoms with E-state index in [4.69, 9.17) is 15.3 Å². The van der Waals surface area contributed by atoms with Crippen molar-refractivity contribution in [2.45, 2.75) is 45.1 Å². The maximum atomic E-state index is 11.0. The van der Waals surface area contributed by atoms with Gasteiger partial charge < -0.3 is 15.3 Å². The van der Waals surface area contributed by atoms with Crippen molar-refractivity contribution < 1.29 is 14.3 Å². The maximum absolute atomic E-state index is 11.0. The first kappa shape index (κ1) is 11.2. The van der Waals surface area contributed by atoms with Crippen LogP contribution in [0.25, 0.3) is 0 Å². The van der Waals surface area contributed by atoms with E-state index in [0.717, 1.165) is 41.9 Å². The molecule has 1 aliphatic carbocycles. The predicted octanol–water partition coefficient (Wildman–Crippen LogP) is 1.98. The third-order valence-electron chi connectivity index (χ3n) is 3.09. The lowest BCUT2D eigenvalue weighted by molar-refractivity contribution is -0.138. The number of nitrogens with two attached hydrogens (primary N) is 1. The number of hydrogen-bond acceptors (Lipinski definition) is 3. The first-order valence-electron chi connectivity index (χ1n) is 5.65. The van der Waals surface area contributed by atoms with Crippen LogP contribution in [0.2, 0.25) is 0 Å². The van der Waals surface area contributed by atoms with Gasteiger partial charge in [0.05, 0.1) is 0 Å². The number of fused-ring (bicyclic) bond motifs is 1. The van der Waals surface area contributed by atoms with Gasteiger partial charge in [0.25, 0.3) is 0 Å². The molecular weight excluding hydrogens is 206 g/mol. The topological polar surface area (TPSA) is 76.5 Å². The number of furan rings is 1. The molecule has 4 heteroatoms. The number of hydrogen-bond donors (Lipinski definition) is 2. The second-order valence-electron chi connectivity index (χ2n) is 4.61. The summed E-state index contributed by atoms with van der Waals surface area (Å²) >= 11 is 0. The van der Waals surface area contributed by atoms with E-state index < -0.39 is 12.0 Å². The molecule has 88 valence electrons. The van der Waals surface area contributed by atoms with Gasteiger partial charge in [-0.3, -0.25) is 4.79 Å². The summed E-state index contributed by atoms with van der Waals surface area (Å²) in [5.74, 6) is 0.874. The number of carbonyl (C=O) groups is 1. The van der Waals surface area contributed by atoms with E-state index in [-0.39, 0.29) is 5.92 Å². The third kappa shape index (κ3) is 1.63. The van der Waals surface area contributed by atoms with E-state index in [1.54, 1.807) is 0 Å². The number of carboxylic acids is 1. The van der Waals surface area contributed by atoms with Crippen molar-refractivity contribution in [2.24, 2.45) is 5.73 Å². The molecule has 0 bridgehead atoms. The summed E-state index contributed by atoms with van der Waals surface area (Å²) in [5, 5.41) is 9.02. The van der Waals surface area contributed by atoms with Crippen LogP contribution in [-0.2, 0) is 17.6 Å². The highest BCUT2D eigenvalue weighted by Gasteiger charge is 2.31. The molecule has 0 saturated carbocycles. The molecule has 1 atom stereocenters. The molecule has 0 spiro atoms. The molecule has 0 aliphatic heterocycles. The second kappa shape index (κ2) is 3.94. The van der Waals surface area contributed by atoms with Gasteiger partial charge in [-0.2, -0.15) is 0 Å². The van der Waals surface area contributed by atoms with Crippen molar-refractivity contribution in [1.82, 2.24) is 0 Å². The van der Waals surface area contributed by atoms with Crippen LogP contribution in [0.4, 0.5) is 0 Å². The number of aliphatic carboxylic acids is 1. The fourth-order valence-corrected chi connectivity index (χ4v) is 2.34. The lowest BCUT2D eigenvalue weighted by atomic mass is 9.97. The molecular formula is C12H17NO3. The third-order valence-corrected chi connectivity index (χ3v) is 3.09. The van der Waals surface area contributed by atoms with E-state index in [1.807, 2.05) is 13.8 Å². The minimum absolute atomic E-state index is 0.172. The van der Waals surface area contributed by atoms with Gasteiger partial charge in [-0.05, 0) is 18.4 Å². The largest absolute Gasteiger partial charge is 0.480 e. The highest BCUT2D eigenvalue weighted by Crippen LogP contribution is 2.37. The summed E-state index contributed by atoms with van der Waals surface area (Å²) in [4.78, 5) is 11.0. The first-order valence-corrected chi connectivity index (χ1v) is 5.65. The van der Waals surface area contributed by atoms with Crippen LogP contribution < -0.4 is 5.73 Å². The Labute approximate surface area is 94.4 Å². The minimum Gasteiger partial charge on any atom is -0.480 e. The summed E-state index contributed by atoms with van der Waals surface area (Å²) in [6, 6.07) is -0.956. The van der Waals surface area contributed by atoms with E-state index in [0.29, 0.717) is 0 Å². The highest BCUT2D eigenvalue weighted by molar-refractivity contribution is 5.76. The van der Waals surface area contributed by atoms with Crippen molar-refractivity contribution in [1.29, 1.82) is 0 Å². The van der Waals surface area contributed by atoms with Crippen LogP contribution in [-0.4, -0.2) is 11.1 Å². The van der Waals surface area contributed by atoms with Crippen LogP contribution >= 0.6 is 0 Å². The average Bonchev–Trinajstić information content (AvgIpc) is 2.74. The average molecular weight is 223 g/mol. The van der Waals surface area contributed by atoms with Gasteiger partial charge in [0, 0.05) is 17.9 Å². The van der Waals surface area contributed by atoms with Gasteiger partial charge in [-0.15, -0.1) is 0 Å². The molecule has 1 aromatic heterocycles. The van der Waals surface area contributed by atoms with Crippen molar-refractivity contribution in [3.05, 3.63) is 22.6 Å². The van der Waals surface area contributed by atoms with Gasteiger partial charge in [0.1, 0.15) is 17.6 Å². The Morgan fingerprint density at radius 2 is 2.12 bits per heavy atom. The van der Waals surface area contributed by atoms with Crippen LogP contribution in [0.5, 0.6) is 0 Å². The van der Waals surface area contributed by atoms with Crippen LogP contribution in [0.1, 0.15) is 54.9 Å². The zero-order valence-corrected chi connectivity index (χ0v) is 9.62. The van der Waals surface area contributed by atoms with Crippen LogP contribution in [0.3, 0.4) is 0 Å². The zero-order valence-electron chi connectivity index (χ0n) is 9.62. The van der Waals surface area contributed by atoms with Crippen LogP contribution in [0, 0.1) is 0 Å². The Morgan fingerprint density at radius 3 is 2.69 bits per heavy atom. The Balaban J connectivity index is 2.52. The Kier molecular flexibility index (Phi) is 2.76. The van der Waals surface area contributed by atoms with Gasteiger partial charge in [0.2, 0.25) is 0 Å². The zero-order chi connectivity index (χ0) is 11.9. The Hall–Kier alpha value is -1.29. The van der Waals surface area contributed by atoms with Gasteiger partial charge in [-0.25, -0.2) is 0 Å². The normalized spacial score (nSPS) is 16.5. The Morgan fingerprint density at radius 1 is 1.44 bits per heavy atom. The van der Waals surface area contributed by atoms with E-state index in [1.165, 1.54) is 0 Å². The molecule has 4 nitrogen and oxygen atoms in total. The number of rotatable bonds is 3. The maximum Gasteiger partial charge on any atom is 0.325 e. The van der Waals surface area contributed by atoms with Crippen molar-refractivity contribution in [3.8, 4) is 0 Å². The van der Waals surface area contributed by atoms with Gasteiger partial charge in [-0.1, -0.05) is 13.8 Å². The molecule has 1 aliphatic rings. The SMILES string of the molecule is CC(C)c1oc2c(c1C(N)C(=O)O)CCC2. The molecule has 0 fully saturated rings. The quantitative estimate of drug-likeness (QED) is 0.821. The summed E-state index contributed by atoms with van der Waals surface area (Å²) in [6.07, 6.45) is 2.83. The monoisotopic (exact) mass is 223 g/mol. The van der Waals surface area contributed by atoms with Crippen LogP contribution in [0.15, 0.2) is 4.42 Å². The fourth-order valence-electron chi connectivity index (χ4n) is 2.34. The lowest BCUT2D eigenvalue weighted by Gasteiger charge is -2.11.